The molecule has 1 aromatic heterocycles. The van der Waals surface area contributed by atoms with Gasteiger partial charge in [0.25, 0.3) is 0 Å². The molecule has 2 N–H and O–H groups in total. The van der Waals surface area contributed by atoms with Gasteiger partial charge in [0.2, 0.25) is 12.6 Å². The maximum absolute atomic E-state index is 12.7. The summed E-state index contributed by atoms with van der Waals surface area (Å²) in [5.74, 6) is -0.197. The van der Waals surface area contributed by atoms with Gasteiger partial charge in [0, 0.05) is 28.1 Å². The molecule has 1 unspecified atom stereocenters. The van der Waals surface area contributed by atoms with Crippen LogP contribution in [0.2, 0.25) is 0 Å². The maximum atomic E-state index is 12.7. The van der Waals surface area contributed by atoms with E-state index in [-0.39, 0.29) is 41.7 Å². The molecule has 1 saturated heterocycles. The van der Waals surface area contributed by atoms with Gasteiger partial charge in [0.15, 0.2) is 0 Å². The number of carbonyl (C=O) groups excluding carboxylic acids is 1. The molecule has 204 valence electrons. The quantitative estimate of drug-likeness (QED) is 0.345. The summed E-state index contributed by atoms with van der Waals surface area (Å²) >= 11 is 0. The lowest BCUT2D eigenvalue weighted by atomic mass is 9.84. The average molecular weight is 523 g/mol. The molecule has 9 heteroatoms. The van der Waals surface area contributed by atoms with Crippen molar-refractivity contribution in [3.8, 4) is 11.4 Å². The number of aromatic nitrogens is 3. The van der Waals surface area contributed by atoms with Gasteiger partial charge in [-0.15, -0.1) is 15.0 Å². The lowest BCUT2D eigenvalue weighted by Crippen LogP contribution is -2.68. The van der Waals surface area contributed by atoms with Crippen LogP contribution in [0.3, 0.4) is 0 Å². The summed E-state index contributed by atoms with van der Waals surface area (Å²) < 4.78 is 6.64. The molecule has 3 aromatic rings. The van der Waals surface area contributed by atoms with E-state index in [1.165, 1.54) is 4.80 Å². The van der Waals surface area contributed by atoms with Gasteiger partial charge < -0.3 is 9.84 Å². The van der Waals surface area contributed by atoms with E-state index in [9.17, 15) is 14.8 Å². The van der Waals surface area contributed by atoms with Crippen LogP contribution in [0.15, 0.2) is 36.4 Å². The number of rotatable bonds is 7. The molecule has 1 aliphatic rings. The molecule has 38 heavy (non-hydrogen) atoms. The van der Waals surface area contributed by atoms with Crippen LogP contribution in [-0.4, -0.2) is 61.1 Å². The number of nitrogens with one attached hydrogen (secondary N) is 1. The van der Waals surface area contributed by atoms with Crippen LogP contribution in [-0.2, 0) is 21.4 Å². The summed E-state index contributed by atoms with van der Waals surface area (Å²) in [7, 11) is 0. The highest BCUT2D eigenvalue weighted by Crippen LogP contribution is 2.36. The molecule has 0 radical (unpaired) electrons. The van der Waals surface area contributed by atoms with Gasteiger partial charge in [0.1, 0.15) is 22.5 Å². The second kappa shape index (κ2) is 10.1. The van der Waals surface area contributed by atoms with Gasteiger partial charge >= 0.3 is 5.97 Å². The molecule has 0 bridgehead atoms. The molecule has 2 aromatic carbocycles. The number of phenols is 1. The van der Waals surface area contributed by atoms with E-state index in [2.05, 4.69) is 15.5 Å². The van der Waals surface area contributed by atoms with Crippen molar-refractivity contribution in [2.75, 3.05) is 13.2 Å². The average Bonchev–Trinajstić information content (AvgIpc) is 3.22. The molecule has 0 aliphatic carbocycles. The van der Waals surface area contributed by atoms with Crippen molar-refractivity contribution in [3.05, 3.63) is 52.4 Å². The largest absolute Gasteiger partial charge is 0.505 e. The molecule has 9 nitrogen and oxygen atoms in total. The maximum Gasteiger partial charge on any atom is 0.306 e. The second-order valence-corrected chi connectivity index (χ2v) is 12.6. The van der Waals surface area contributed by atoms with E-state index in [1.54, 1.807) is 0 Å². The Morgan fingerprint density at radius 2 is 1.79 bits per heavy atom. The van der Waals surface area contributed by atoms with Crippen LogP contribution >= 0.6 is 0 Å². The Bertz CT molecular complexity index is 1320. The number of piperazine rings is 1. The first-order valence-electron chi connectivity index (χ1n) is 13.2. The predicted octanol–water partition coefficient (Wildman–Crippen LogP) is 4.60. The van der Waals surface area contributed by atoms with E-state index >= 15 is 0 Å². The Hall–Kier alpha value is -3.33. The first-order chi connectivity index (χ1) is 17.7. The third-order valence-corrected chi connectivity index (χ3v) is 7.12. The summed E-state index contributed by atoms with van der Waals surface area (Å²) in [6.07, 6.45) is 1.08. The number of phenolic OH excluding ortho intramolecular Hbond substituents is 1. The van der Waals surface area contributed by atoms with Crippen molar-refractivity contribution < 1.29 is 19.4 Å². The summed E-state index contributed by atoms with van der Waals surface area (Å²) in [5, 5.41) is 23.7. The molecular weight excluding hydrogens is 482 g/mol. The summed E-state index contributed by atoms with van der Waals surface area (Å²) in [5.41, 5.74) is 2.57. The van der Waals surface area contributed by atoms with Crippen molar-refractivity contribution >= 4 is 17.0 Å². The normalized spacial score (nSPS) is 19.0. The van der Waals surface area contributed by atoms with Crippen LogP contribution < -0.4 is 5.32 Å². The zero-order valence-corrected chi connectivity index (χ0v) is 23.5. The Morgan fingerprint density at radius 3 is 2.37 bits per heavy atom. The number of hydrogen-bond acceptors (Lipinski definition) is 7. The van der Waals surface area contributed by atoms with Crippen molar-refractivity contribution in [2.45, 2.75) is 90.3 Å². The highest BCUT2D eigenvalue weighted by Gasteiger charge is 2.50. The van der Waals surface area contributed by atoms with Gasteiger partial charge in [-0.3, -0.25) is 10.1 Å². The highest BCUT2D eigenvalue weighted by atomic mass is 16.5. The number of aryl methyl sites for hydroxylation is 1. The van der Waals surface area contributed by atoms with Crippen LogP contribution in [0.5, 0.6) is 5.75 Å². The SMILES string of the molecule is CC1(C)C[N+](=O)C(CCOC(=O)CCc2cc(-n3nc4ccccc4n3)c(O)c(C(C)(C)C)c2)C(C)(C)N1. The van der Waals surface area contributed by atoms with E-state index in [1.807, 2.05) is 84.9 Å². The van der Waals surface area contributed by atoms with Crippen LogP contribution in [0.1, 0.15) is 72.4 Å². The third kappa shape index (κ3) is 6.04. The fraction of sp³-hybridized carbons (Fsp3) is 0.552. The van der Waals surface area contributed by atoms with Crippen LogP contribution in [0.4, 0.5) is 0 Å². The van der Waals surface area contributed by atoms with Crippen molar-refractivity contribution in [1.29, 1.82) is 0 Å². The molecule has 0 saturated carbocycles. The molecular formula is C29H40N5O4+. The lowest BCUT2D eigenvalue weighted by molar-refractivity contribution is -0.616. The number of benzene rings is 2. The Labute approximate surface area is 224 Å². The van der Waals surface area contributed by atoms with Crippen molar-refractivity contribution in [2.24, 2.45) is 0 Å². The number of fused-ring (bicyclic) bond motifs is 1. The van der Waals surface area contributed by atoms with Crippen LogP contribution in [0.25, 0.3) is 16.7 Å². The highest BCUT2D eigenvalue weighted by molar-refractivity contribution is 5.74. The van der Waals surface area contributed by atoms with E-state index in [0.717, 1.165) is 26.9 Å². The number of carbonyl (C=O) groups is 1. The minimum atomic E-state index is -0.396. The van der Waals surface area contributed by atoms with Gasteiger partial charge in [-0.05, 0) is 63.3 Å². The summed E-state index contributed by atoms with van der Waals surface area (Å²) in [6, 6.07) is 11.0. The molecule has 4 rings (SSSR count). The monoisotopic (exact) mass is 522 g/mol. The number of aromatic hydroxyl groups is 1. The number of ether oxygens (including phenoxy) is 1. The molecule has 2 heterocycles. The van der Waals surface area contributed by atoms with Gasteiger partial charge in [-0.1, -0.05) is 39.0 Å². The standard InChI is InChI=1S/C29H39N5O4/c1-27(2,3)20-16-19(17-23(26(20)36)34-30-21-10-8-9-11-22(21)31-34)12-13-25(35)38-15-14-24-29(6,7)32-28(4,5)18-33(24)37/h8-11,16-17,24,32H,12-15,18H2,1-7H3/p+1. The fourth-order valence-electron chi connectivity index (χ4n) is 5.48. The summed E-state index contributed by atoms with van der Waals surface area (Å²) in [4.78, 5) is 26.7. The minimum absolute atomic E-state index is 0.123. The minimum Gasteiger partial charge on any atom is -0.505 e. The van der Waals surface area contributed by atoms with Crippen molar-refractivity contribution in [1.82, 2.24) is 20.3 Å². The molecule has 1 fully saturated rings. The molecule has 0 amide bonds. The topological polar surface area (TPSA) is 109 Å². The first kappa shape index (κ1) is 27.7. The Kier molecular flexibility index (Phi) is 7.36. The van der Waals surface area contributed by atoms with Gasteiger partial charge in [0.05, 0.1) is 17.7 Å². The molecule has 1 atom stereocenters. The number of hydrogen-bond donors (Lipinski definition) is 2. The molecule has 1 aliphatic heterocycles. The third-order valence-electron chi connectivity index (χ3n) is 7.12. The van der Waals surface area contributed by atoms with Gasteiger partial charge in [-0.2, -0.15) is 0 Å². The number of nitrogens with zero attached hydrogens (tertiary/aromatic N) is 4. The fourth-order valence-corrected chi connectivity index (χ4v) is 5.48. The van der Waals surface area contributed by atoms with Crippen molar-refractivity contribution in [3.63, 3.8) is 0 Å². The van der Waals surface area contributed by atoms with E-state index in [4.69, 9.17) is 4.74 Å². The Balaban J connectivity index is 1.44. The smallest absolute Gasteiger partial charge is 0.306 e. The molecule has 0 spiro atoms. The van der Waals surface area contributed by atoms with E-state index in [0.29, 0.717) is 25.1 Å². The zero-order valence-electron chi connectivity index (χ0n) is 23.5. The number of esters is 1. The van der Waals surface area contributed by atoms with Crippen LogP contribution in [0, 0.1) is 4.91 Å². The predicted molar refractivity (Wildman–Crippen MR) is 147 cm³/mol. The second-order valence-electron chi connectivity index (χ2n) is 12.6. The summed E-state index contributed by atoms with van der Waals surface area (Å²) in [6.45, 7) is 14.7. The van der Waals surface area contributed by atoms with Gasteiger partial charge in [-0.25, -0.2) is 0 Å². The van der Waals surface area contributed by atoms with E-state index < -0.39 is 5.54 Å². The lowest BCUT2D eigenvalue weighted by Gasteiger charge is -2.41. The zero-order chi connectivity index (χ0) is 27.9. The Morgan fingerprint density at radius 1 is 1.16 bits per heavy atom. The number of nitroso groups, excluding NO2 is 1. The first-order valence-corrected chi connectivity index (χ1v) is 13.2.